The van der Waals surface area contributed by atoms with Crippen LogP contribution in [0.5, 0.6) is 0 Å². The number of thiocarbonyl (C=S) groups is 1. The fraction of sp³-hybridized carbons (Fsp3) is 0. The summed E-state index contributed by atoms with van der Waals surface area (Å²) in [7, 11) is 0. The second kappa shape index (κ2) is 8.51. The molecule has 3 N–H and O–H groups in total. The summed E-state index contributed by atoms with van der Waals surface area (Å²) in [5.74, 6) is 0.0428. The number of nitrogens with zero attached hydrogens (tertiary/aromatic N) is 1. The molecule has 0 aliphatic heterocycles. The number of halogens is 1. The highest BCUT2D eigenvalue weighted by atomic mass is 35.5. The number of amides is 1. The Morgan fingerprint density at radius 1 is 1.11 bits per heavy atom. The molecule has 0 saturated carbocycles. The van der Waals surface area contributed by atoms with Gasteiger partial charge in [-0.05, 0) is 48.6 Å². The Labute approximate surface area is 169 Å². The van der Waals surface area contributed by atoms with Crippen LogP contribution < -0.4 is 16.2 Å². The summed E-state index contributed by atoms with van der Waals surface area (Å²) in [6, 6.07) is 15.9. The van der Waals surface area contributed by atoms with E-state index in [9.17, 15) is 14.9 Å². The summed E-state index contributed by atoms with van der Waals surface area (Å²) < 4.78 is 5.54. The van der Waals surface area contributed by atoms with E-state index in [1.54, 1.807) is 24.3 Å². The van der Waals surface area contributed by atoms with E-state index in [0.29, 0.717) is 16.5 Å². The number of rotatable bonds is 5. The zero-order valence-corrected chi connectivity index (χ0v) is 15.7. The molecule has 0 bridgehead atoms. The van der Waals surface area contributed by atoms with Gasteiger partial charge in [0.1, 0.15) is 5.76 Å². The van der Waals surface area contributed by atoms with Gasteiger partial charge in [-0.15, -0.1) is 0 Å². The maximum atomic E-state index is 12.2. The molecule has 0 fully saturated rings. The molecule has 8 nitrogen and oxygen atoms in total. The van der Waals surface area contributed by atoms with Gasteiger partial charge >= 0.3 is 0 Å². The van der Waals surface area contributed by atoms with Crippen LogP contribution in [0.4, 0.5) is 11.4 Å². The van der Waals surface area contributed by atoms with Crippen molar-refractivity contribution in [2.75, 3.05) is 5.43 Å². The molecule has 28 heavy (non-hydrogen) atoms. The molecule has 1 amide bonds. The molecule has 1 aromatic heterocycles. The lowest BCUT2D eigenvalue weighted by molar-refractivity contribution is -0.384. The number of anilines is 1. The van der Waals surface area contributed by atoms with E-state index in [1.165, 1.54) is 30.3 Å². The van der Waals surface area contributed by atoms with Crippen molar-refractivity contribution in [3.63, 3.8) is 0 Å². The number of hydrogen-bond acceptors (Lipinski definition) is 6. The Balaban J connectivity index is 1.55. The van der Waals surface area contributed by atoms with Crippen LogP contribution in [-0.4, -0.2) is 15.9 Å². The molecule has 2 aromatic carbocycles. The molecule has 0 saturated heterocycles. The third-order valence-corrected chi connectivity index (χ3v) is 4.00. The molecule has 0 aliphatic carbocycles. The molecule has 0 radical (unpaired) electrons. The van der Waals surface area contributed by atoms with E-state index < -0.39 is 10.8 Å². The van der Waals surface area contributed by atoms with E-state index >= 15 is 0 Å². The third-order valence-electron chi connectivity index (χ3n) is 3.56. The lowest BCUT2D eigenvalue weighted by Crippen LogP contribution is -2.41. The standard InChI is InChI=1S/C18H13ClN4O4S/c19-12-3-1-2-11(10-12)15-8-9-16(27-15)17(24)20-18(28)22-21-13-4-6-14(7-5-13)23(25)26/h1-10,21H,(H2,20,22,24,28). The molecule has 0 unspecified atom stereocenters. The fourth-order valence-electron chi connectivity index (χ4n) is 2.25. The van der Waals surface area contributed by atoms with Gasteiger partial charge in [0.05, 0.1) is 10.6 Å². The summed E-state index contributed by atoms with van der Waals surface area (Å²) in [6.07, 6.45) is 0. The van der Waals surface area contributed by atoms with Gasteiger partial charge in [0.2, 0.25) is 0 Å². The van der Waals surface area contributed by atoms with Crippen molar-refractivity contribution in [3.8, 4) is 11.3 Å². The first-order chi connectivity index (χ1) is 13.4. The van der Waals surface area contributed by atoms with Gasteiger partial charge < -0.3 is 4.42 Å². The first kappa shape index (κ1) is 19.3. The van der Waals surface area contributed by atoms with E-state index in [1.807, 2.05) is 6.07 Å². The van der Waals surface area contributed by atoms with Crippen LogP contribution in [0, 0.1) is 10.1 Å². The number of non-ortho nitro benzene ring substituents is 1. The third kappa shape index (κ3) is 4.84. The first-order valence-electron chi connectivity index (χ1n) is 7.90. The van der Waals surface area contributed by atoms with Gasteiger partial charge in [-0.2, -0.15) is 0 Å². The van der Waals surface area contributed by atoms with Crippen molar-refractivity contribution >= 4 is 46.2 Å². The Morgan fingerprint density at radius 3 is 2.54 bits per heavy atom. The highest BCUT2D eigenvalue weighted by molar-refractivity contribution is 7.80. The van der Waals surface area contributed by atoms with Gasteiger partial charge in [-0.25, -0.2) is 0 Å². The van der Waals surface area contributed by atoms with E-state index in [2.05, 4.69) is 16.2 Å². The number of nitro groups is 1. The molecule has 142 valence electrons. The summed E-state index contributed by atoms with van der Waals surface area (Å²) >= 11 is 11.0. The molecule has 3 aromatic rings. The lowest BCUT2D eigenvalue weighted by atomic mass is 10.2. The van der Waals surface area contributed by atoms with E-state index in [4.69, 9.17) is 28.2 Å². The van der Waals surface area contributed by atoms with Crippen LogP contribution in [0.3, 0.4) is 0 Å². The molecule has 3 rings (SSSR count). The second-order valence-electron chi connectivity index (χ2n) is 5.51. The van der Waals surface area contributed by atoms with Gasteiger partial charge in [0.15, 0.2) is 10.9 Å². The lowest BCUT2D eigenvalue weighted by Gasteiger charge is -2.10. The summed E-state index contributed by atoms with van der Waals surface area (Å²) in [4.78, 5) is 22.4. The van der Waals surface area contributed by atoms with Crippen LogP contribution >= 0.6 is 23.8 Å². The zero-order valence-electron chi connectivity index (χ0n) is 14.1. The monoisotopic (exact) mass is 416 g/mol. The van der Waals surface area contributed by atoms with Gasteiger partial charge in [0, 0.05) is 22.7 Å². The average Bonchev–Trinajstić information content (AvgIpc) is 3.17. The fourth-order valence-corrected chi connectivity index (χ4v) is 2.58. The molecule has 1 heterocycles. The van der Waals surface area contributed by atoms with Gasteiger partial charge in [0.25, 0.3) is 11.6 Å². The van der Waals surface area contributed by atoms with Crippen LogP contribution in [0.2, 0.25) is 5.02 Å². The number of nitro benzene ring substituents is 1. The molecule has 0 spiro atoms. The van der Waals surface area contributed by atoms with Crippen molar-refractivity contribution in [1.82, 2.24) is 10.7 Å². The minimum atomic E-state index is -0.531. The number of carbonyl (C=O) groups is 1. The Hall–Kier alpha value is -3.43. The minimum absolute atomic E-state index is 0.00376. The smallest absolute Gasteiger partial charge is 0.293 e. The second-order valence-corrected chi connectivity index (χ2v) is 6.36. The van der Waals surface area contributed by atoms with Crippen LogP contribution in [0.15, 0.2) is 65.1 Å². The minimum Gasteiger partial charge on any atom is -0.451 e. The normalized spacial score (nSPS) is 10.2. The summed E-state index contributed by atoms with van der Waals surface area (Å²) in [5, 5.41) is 13.7. The number of carbonyl (C=O) groups excluding carboxylic acids is 1. The number of benzene rings is 2. The van der Waals surface area contributed by atoms with Crippen LogP contribution in [0.25, 0.3) is 11.3 Å². The topological polar surface area (TPSA) is 109 Å². The number of nitrogens with one attached hydrogen (secondary N) is 3. The average molecular weight is 417 g/mol. The highest BCUT2D eigenvalue weighted by Gasteiger charge is 2.14. The zero-order chi connectivity index (χ0) is 20.1. The number of furan rings is 1. The summed E-state index contributed by atoms with van der Waals surface area (Å²) in [6.45, 7) is 0. The predicted octanol–water partition coefficient (Wildman–Crippen LogP) is 4.14. The van der Waals surface area contributed by atoms with Crippen molar-refractivity contribution in [1.29, 1.82) is 0 Å². The molecule has 10 heteroatoms. The molecular weight excluding hydrogens is 404 g/mol. The SMILES string of the molecule is O=C(NC(=S)NNc1ccc([N+](=O)[O-])cc1)c1ccc(-c2cccc(Cl)c2)o1. The van der Waals surface area contributed by atoms with Crippen molar-refractivity contribution in [3.05, 3.63) is 81.6 Å². The Bertz CT molecular complexity index is 1040. The van der Waals surface area contributed by atoms with E-state index in [0.717, 1.165) is 5.56 Å². The van der Waals surface area contributed by atoms with Gasteiger partial charge in [-0.3, -0.25) is 31.1 Å². The number of hydrogen-bond donors (Lipinski definition) is 3. The maximum absolute atomic E-state index is 12.2. The van der Waals surface area contributed by atoms with Crippen molar-refractivity contribution < 1.29 is 14.1 Å². The van der Waals surface area contributed by atoms with E-state index in [-0.39, 0.29) is 16.6 Å². The molecular formula is C18H13ClN4O4S. The first-order valence-corrected chi connectivity index (χ1v) is 8.68. The highest BCUT2D eigenvalue weighted by Crippen LogP contribution is 2.24. The summed E-state index contributed by atoms with van der Waals surface area (Å²) in [5.41, 5.74) is 6.59. The Kier molecular flexibility index (Phi) is 5.87. The Morgan fingerprint density at radius 2 is 1.86 bits per heavy atom. The van der Waals surface area contributed by atoms with Gasteiger partial charge in [-0.1, -0.05) is 23.7 Å². The van der Waals surface area contributed by atoms with Crippen molar-refractivity contribution in [2.45, 2.75) is 0 Å². The number of hydrazine groups is 1. The van der Waals surface area contributed by atoms with Crippen molar-refractivity contribution in [2.24, 2.45) is 0 Å². The maximum Gasteiger partial charge on any atom is 0.293 e. The molecule has 0 atom stereocenters. The largest absolute Gasteiger partial charge is 0.451 e. The molecule has 0 aliphatic rings. The van der Waals surface area contributed by atoms with Crippen LogP contribution in [-0.2, 0) is 0 Å². The predicted molar refractivity (Wildman–Crippen MR) is 109 cm³/mol. The quantitative estimate of drug-likeness (QED) is 0.325. The van der Waals surface area contributed by atoms with Crippen LogP contribution in [0.1, 0.15) is 10.6 Å².